The predicted octanol–water partition coefficient (Wildman–Crippen LogP) is 4.51. The van der Waals surface area contributed by atoms with Gasteiger partial charge in [0.05, 0.1) is 5.52 Å². The van der Waals surface area contributed by atoms with Crippen LogP contribution in [0.2, 0.25) is 0 Å². The van der Waals surface area contributed by atoms with Crippen molar-refractivity contribution in [2.45, 2.75) is 27.7 Å². The lowest BCUT2D eigenvalue weighted by atomic mass is 9.92. The molecule has 0 unspecified atom stereocenters. The number of hydrogen-bond donors (Lipinski definition) is 2. The fourth-order valence-electron chi connectivity index (χ4n) is 3.54. The topological polar surface area (TPSA) is 50.9 Å². The Labute approximate surface area is 143 Å². The van der Waals surface area contributed by atoms with Gasteiger partial charge in [-0.1, -0.05) is 35.9 Å². The van der Waals surface area contributed by atoms with Crippen LogP contribution in [0.15, 0.2) is 36.4 Å². The molecule has 2 aromatic carbocycles. The second kappa shape index (κ2) is 6.62. The second-order valence-electron chi connectivity index (χ2n) is 6.50. The van der Waals surface area contributed by atoms with Crippen LogP contribution in [0.3, 0.4) is 0 Å². The van der Waals surface area contributed by atoms with E-state index in [-0.39, 0.29) is 0 Å². The van der Waals surface area contributed by atoms with E-state index >= 15 is 0 Å². The number of fused-ring (bicyclic) bond motifs is 1. The Balaban J connectivity index is 2.29. The molecular weight excluding hydrogens is 294 g/mol. The Kier molecular flexibility index (Phi) is 4.54. The molecule has 0 aliphatic heterocycles. The van der Waals surface area contributed by atoms with E-state index in [1.165, 1.54) is 27.8 Å². The molecule has 1 aromatic heterocycles. The van der Waals surface area contributed by atoms with E-state index in [9.17, 15) is 0 Å². The minimum absolute atomic E-state index is 0.610. The fourth-order valence-corrected chi connectivity index (χ4v) is 3.54. The van der Waals surface area contributed by atoms with Crippen molar-refractivity contribution in [1.29, 1.82) is 0 Å². The van der Waals surface area contributed by atoms with Crippen molar-refractivity contribution in [3.8, 4) is 11.1 Å². The van der Waals surface area contributed by atoms with Crippen LogP contribution in [0.5, 0.6) is 0 Å². The normalized spacial score (nSPS) is 11.0. The number of anilines is 1. The summed E-state index contributed by atoms with van der Waals surface area (Å²) >= 11 is 0. The van der Waals surface area contributed by atoms with Gasteiger partial charge in [0.15, 0.2) is 0 Å². The Morgan fingerprint density at radius 1 is 1.00 bits per heavy atom. The lowest BCUT2D eigenvalue weighted by molar-refractivity contribution is 1.02. The van der Waals surface area contributed by atoms with Gasteiger partial charge in [-0.25, -0.2) is 0 Å². The number of nitrogens with two attached hydrogens (primary N) is 1. The van der Waals surface area contributed by atoms with Crippen molar-refractivity contribution in [2.24, 2.45) is 5.73 Å². The SMILES string of the molecule is Cc1cc(C)c(-c2cccc3c(NCCN)cc(C)nc23)c(C)c1. The van der Waals surface area contributed by atoms with Gasteiger partial charge < -0.3 is 11.1 Å². The molecule has 3 rings (SSSR count). The molecule has 0 amide bonds. The summed E-state index contributed by atoms with van der Waals surface area (Å²) in [7, 11) is 0. The van der Waals surface area contributed by atoms with Gasteiger partial charge in [0.25, 0.3) is 0 Å². The minimum atomic E-state index is 0.610. The molecule has 3 heteroatoms. The Morgan fingerprint density at radius 2 is 1.71 bits per heavy atom. The largest absolute Gasteiger partial charge is 0.383 e. The average molecular weight is 319 g/mol. The molecule has 0 bridgehead atoms. The van der Waals surface area contributed by atoms with Gasteiger partial charge in [-0.3, -0.25) is 4.98 Å². The quantitative estimate of drug-likeness (QED) is 0.744. The highest BCUT2D eigenvalue weighted by atomic mass is 14.9. The molecule has 0 saturated carbocycles. The maximum atomic E-state index is 5.66. The van der Waals surface area contributed by atoms with Gasteiger partial charge in [0.1, 0.15) is 0 Å². The zero-order valence-electron chi connectivity index (χ0n) is 14.9. The average Bonchev–Trinajstić information content (AvgIpc) is 2.52. The lowest BCUT2D eigenvalue weighted by Crippen LogP contribution is -2.13. The van der Waals surface area contributed by atoms with Gasteiger partial charge in [-0.15, -0.1) is 0 Å². The monoisotopic (exact) mass is 319 g/mol. The first-order chi connectivity index (χ1) is 11.5. The van der Waals surface area contributed by atoms with Crippen molar-refractivity contribution in [3.63, 3.8) is 0 Å². The molecular formula is C21H25N3. The van der Waals surface area contributed by atoms with Crippen LogP contribution in [-0.4, -0.2) is 18.1 Å². The molecule has 3 nitrogen and oxygen atoms in total. The summed E-state index contributed by atoms with van der Waals surface area (Å²) in [5, 5.41) is 4.57. The number of aryl methyl sites for hydroxylation is 4. The third-order valence-electron chi connectivity index (χ3n) is 4.37. The summed E-state index contributed by atoms with van der Waals surface area (Å²) in [6.45, 7) is 9.90. The van der Waals surface area contributed by atoms with Crippen molar-refractivity contribution in [2.75, 3.05) is 18.4 Å². The van der Waals surface area contributed by atoms with Crippen LogP contribution in [0.4, 0.5) is 5.69 Å². The van der Waals surface area contributed by atoms with Crippen molar-refractivity contribution >= 4 is 16.6 Å². The highest BCUT2D eigenvalue weighted by Crippen LogP contribution is 2.35. The summed E-state index contributed by atoms with van der Waals surface area (Å²) in [5.74, 6) is 0. The molecule has 124 valence electrons. The van der Waals surface area contributed by atoms with E-state index < -0.39 is 0 Å². The summed E-state index contributed by atoms with van der Waals surface area (Å²) < 4.78 is 0. The number of aromatic nitrogens is 1. The smallest absolute Gasteiger partial charge is 0.0804 e. The van der Waals surface area contributed by atoms with Gasteiger partial charge >= 0.3 is 0 Å². The van der Waals surface area contributed by atoms with Gasteiger partial charge in [0, 0.05) is 35.4 Å². The van der Waals surface area contributed by atoms with Crippen molar-refractivity contribution in [3.05, 3.63) is 58.8 Å². The zero-order valence-corrected chi connectivity index (χ0v) is 14.9. The number of benzene rings is 2. The van der Waals surface area contributed by atoms with Crippen LogP contribution in [0, 0.1) is 27.7 Å². The Morgan fingerprint density at radius 3 is 2.38 bits per heavy atom. The van der Waals surface area contributed by atoms with Crippen LogP contribution < -0.4 is 11.1 Å². The van der Waals surface area contributed by atoms with E-state index in [0.29, 0.717) is 6.54 Å². The minimum Gasteiger partial charge on any atom is -0.383 e. The number of rotatable bonds is 4. The molecule has 3 N–H and O–H groups in total. The third kappa shape index (κ3) is 3.00. The number of nitrogens with zero attached hydrogens (tertiary/aromatic N) is 1. The van der Waals surface area contributed by atoms with Gasteiger partial charge in [-0.2, -0.15) is 0 Å². The maximum Gasteiger partial charge on any atom is 0.0804 e. The van der Waals surface area contributed by atoms with Gasteiger partial charge in [-0.05, 0) is 50.5 Å². The standard InChI is InChI=1S/C21H25N3/c1-13-10-14(2)20(15(3)11-13)18-7-5-6-17-19(23-9-8-22)12-16(4)24-21(17)18/h5-7,10-12H,8-9,22H2,1-4H3,(H,23,24). The summed E-state index contributed by atoms with van der Waals surface area (Å²) in [4.78, 5) is 4.85. The first-order valence-electron chi connectivity index (χ1n) is 8.44. The molecule has 1 heterocycles. The van der Waals surface area contributed by atoms with Crippen LogP contribution in [-0.2, 0) is 0 Å². The summed E-state index contributed by atoms with van der Waals surface area (Å²) in [6.07, 6.45) is 0. The Hall–Kier alpha value is -2.39. The van der Waals surface area contributed by atoms with Crippen molar-refractivity contribution < 1.29 is 0 Å². The maximum absolute atomic E-state index is 5.66. The fraction of sp³-hybridized carbons (Fsp3) is 0.286. The molecule has 0 atom stereocenters. The molecule has 3 aromatic rings. The van der Waals surface area contributed by atoms with Gasteiger partial charge in [0.2, 0.25) is 0 Å². The number of nitrogens with one attached hydrogen (secondary N) is 1. The van der Waals surface area contributed by atoms with E-state index in [4.69, 9.17) is 10.7 Å². The highest BCUT2D eigenvalue weighted by Gasteiger charge is 2.13. The molecule has 0 saturated heterocycles. The zero-order chi connectivity index (χ0) is 17.3. The Bertz CT molecular complexity index is 874. The molecule has 0 fully saturated rings. The second-order valence-corrected chi connectivity index (χ2v) is 6.50. The van der Waals surface area contributed by atoms with Crippen molar-refractivity contribution in [1.82, 2.24) is 4.98 Å². The molecule has 0 aliphatic carbocycles. The molecule has 0 radical (unpaired) electrons. The van der Waals surface area contributed by atoms with E-state index in [2.05, 4.69) is 62.5 Å². The number of hydrogen-bond acceptors (Lipinski definition) is 3. The first-order valence-corrected chi connectivity index (χ1v) is 8.44. The lowest BCUT2D eigenvalue weighted by Gasteiger charge is -2.16. The van der Waals surface area contributed by atoms with Crippen LogP contribution >= 0.6 is 0 Å². The summed E-state index contributed by atoms with van der Waals surface area (Å²) in [6, 6.07) is 13.0. The third-order valence-corrected chi connectivity index (χ3v) is 4.37. The molecule has 0 spiro atoms. The first kappa shape index (κ1) is 16.5. The van der Waals surface area contributed by atoms with E-state index in [1.54, 1.807) is 0 Å². The number of para-hydroxylation sites is 1. The van der Waals surface area contributed by atoms with E-state index in [1.807, 2.05) is 6.92 Å². The molecule has 0 aliphatic rings. The predicted molar refractivity (Wildman–Crippen MR) is 104 cm³/mol. The number of pyridine rings is 1. The van der Waals surface area contributed by atoms with Crippen LogP contribution in [0.25, 0.3) is 22.0 Å². The van der Waals surface area contributed by atoms with E-state index in [0.717, 1.165) is 28.8 Å². The summed E-state index contributed by atoms with van der Waals surface area (Å²) in [5.41, 5.74) is 15.2. The molecule has 24 heavy (non-hydrogen) atoms. The van der Waals surface area contributed by atoms with Crippen LogP contribution in [0.1, 0.15) is 22.4 Å². The highest BCUT2D eigenvalue weighted by molar-refractivity contribution is 6.01.